The van der Waals surface area contributed by atoms with E-state index < -0.39 is 0 Å². The van der Waals surface area contributed by atoms with Crippen molar-refractivity contribution in [3.8, 4) is 0 Å². The van der Waals surface area contributed by atoms with Gasteiger partial charge in [0.2, 0.25) is 0 Å². The van der Waals surface area contributed by atoms with E-state index in [9.17, 15) is 4.79 Å². The zero-order chi connectivity index (χ0) is 17.9. The van der Waals surface area contributed by atoms with Gasteiger partial charge in [-0.2, -0.15) is 4.80 Å². The molecule has 4 rings (SSSR count). The van der Waals surface area contributed by atoms with Crippen molar-refractivity contribution in [1.29, 1.82) is 0 Å². The Morgan fingerprint density at radius 3 is 2.65 bits per heavy atom. The molecule has 136 valence electrons. The van der Waals surface area contributed by atoms with Crippen LogP contribution >= 0.6 is 11.6 Å². The van der Waals surface area contributed by atoms with E-state index in [0.717, 1.165) is 44.3 Å². The molecule has 2 aliphatic rings. The predicted molar refractivity (Wildman–Crippen MR) is 96.1 cm³/mol. The predicted octanol–water partition coefficient (Wildman–Crippen LogP) is 2.28. The summed E-state index contributed by atoms with van der Waals surface area (Å²) in [6.45, 7) is 2.14. The van der Waals surface area contributed by atoms with Crippen molar-refractivity contribution < 1.29 is 9.63 Å². The number of hydrogen-bond donors (Lipinski definition) is 0. The molecular formula is C17H19ClN6O2. The lowest BCUT2D eigenvalue weighted by Gasteiger charge is -2.10. The van der Waals surface area contributed by atoms with Crippen LogP contribution in [0.4, 0.5) is 5.95 Å². The van der Waals surface area contributed by atoms with Crippen LogP contribution in [0.5, 0.6) is 0 Å². The van der Waals surface area contributed by atoms with Crippen LogP contribution in [0.1, 0.15) is 31.2 Å². The third kappa shape index (κ3) is 4.01. The number of anilines is 1. The highest BCUT2D eigenvalue weighted by Gasteiger charge is 2.32. The summed E-state index contributed by atoms with van der Waals surface area (Å²) in [5, 5.41) is 17.3. The molecule has 1 aliphatic carbocycles. The lowest BCUT2D eigenvalue weighted by Crippen LogP contribution is -2.20. The van der Waals surface area contributed by atoms with Gasteiger partial charge in [-0.25, -0.2) is 4.79 Å². The Kier molecular flexibility index (Phi) is 4.83. The fourth-order valence-electron chi connectivity index (χ4n) is 2.79. The number of oxime groups is 1. The monoisotopic (exact) mass is 374 g/mol. The number of halogens is 1. The van der Waals surface area contributed by atoms with Gasteiger partial charge in [0.15, 0.2) is 0 Å². The van der Waals surface area contributed by atoms with Gasteiger partial charge in [-0.1, -0.05) is 34.0 Å². The summed E-state index contributed by atoms with van der Waals surface area (Å²) in [6.07, 6.45) is 4.02. The molecule has 2 fully saturated rings. The molecule has 1 saturated carbocycles. The van der Waals surface area contributed by atoms with E-state index in [0.29, 0.717) is 16.7 Å². The molecule has 1 aromatic carbocycles. The minimum Gasteiger partial charge on any atom is -0.338 e. The molecule has 0 unspecified atom stereocenters. The van der Waals surface area contributed by atoms with Crippen molar-refractivity contribution in [2.75, 3.05) is 18.0 Å². The number of aromatic nitrogens is 4. The van der Waals surface area contributed by atoms with E-state index in [1.165, 1.54) is 4.80 Å². The number of rotatable bonds is 6. The molecule has 1 aliphatic heterocycles. The molecule has 2 heterocycles. The third-order valence-corrected chi connectivity index (χ3v) is 4.71. The van der Waals surface area contributed by atoms with Gasteiger partial charge in [-0.05, 0) is 43.0 Å². The average molecular weight is 375 g/mol. The van der Waals surface area contributed by atoms with Crippen LogP contribution in [0.25, 0.3) is 0 Å². The molecule has 0 amide bonds. The highest BCUT2D eigenvalue weighted by molar-refractivity contribution is 6.30. The molecule has 0 bridgehead atoms. The van der Waals surface area contributed by atoms with Gasteiger partial charge >= 0.3 is 5.97 Å². The summed E-state index contributed by atoms with van der Waals surface area (Å²) in [4.78, 5) is 20.5. The van der Waals surface area contributed by atoms with Gasteiger partial charge in [-0.3, -0.25) is 0 Å². The summed E-state index contributed by atoms with van der Waals surface area (Å²) in [5.41, 5.74) is 1.33. The minimum atomic E-state index is -0.291. The van der Waals surface area contributed by atoms with E-state index in [2.05, 4.69) is 25.5 Å². The van der Waals surface area contributed by atoms with Gasteiger partial charge in [0, 0.05) is 23.7 Å². The second-order valence-corrected chi connectivity index (χ2v) is 6.98. The number of tetrazole rings is 1. The zero-order valence-electron chi connectivity index (χ0n) is 14.2. The number of carbonyl (C=O) groups is 1. The first-order chi connectivity index (χ1) is 12.7. The van der Waals surface area contributed by atoms with Crippen molar-refractivity contribution in [2.45, 2.75) is 32.2 Å². The van der Waals surface area contributed by atoms with Crippen molar-refractivity contribution >= 4 is 29.2 Å². The lowest BCUT2D eigenvalue weighted by molar-refractivity contribution is -0.145. The Labute approximate surface area is 155 Å². The average Bonchev–Trinajstić information content (AvgIpc) is 3.16. The first kappa shape index (κ1) is 17.0. The summed E-state index contributed by atoms with van der Waals surface area (Å²) >= 11 is 5.96. The summed E-state index contributed by atoms with van der Waals surface area (Å²) < 4.78 is 0. The summed E-state index contributed by atoms with van der Waals surface area (Å²) in [7, 11) is 0. The van der Waals surface area contributed by atoms with Crippen molar-refractivity contribution in [2.24, 2.45) is 11.1 Å². The highest BCUT2D eigenvalue weighted by atomic mass is 35.5. The number of benzene rings is 1. The smallest absolute Gasteiger partial charge is 0.338 e. The van der Waals surface area contributed by atoms with Crippen LogP contribution in [0.2, 0.25) is 5.02 Å². The molecule has 2 aromatic rings. The molecular weight excluding hydrogens is 356 g/mol. The van der Waals surface area contributed by atoms with E-state index in [1.807, 2.05) is 12.1 Å². The fraction of sp³-hybridized carbons (Fsp3) is 0.471. The van der Waals surface area contributed by atoms with Crippen LogP contribution in [0.3, 0.4) is 0 Å². The maximum absolute atomic E-state index is 11.8. The third-order valence-electron chi connectivity index (χ3n) is 4.46. The Morgan fingerprint density at radius 2 is 1.96 bits per heavy atom. The highest BCUT2D eigenvalue weighted by Crippen LogP contribution is 2.30. The molecule has 26 heavy (non-hydrogen) atoms. The Bertz CT molecular complexity index is 809. The van der Waals surface area contributed by atoms with Crippen LogP contribution in [0.15, 0.2) is 29.4 Å². The van der Waals surface area contributed by atoms with Crippen molar-refractivity contribution in [1.82, 2.24) is 20.2 Å². The summed E-state index contributed by atoms with van der Waals surface area (Å²) in [5.74, 6) is 0.310. The molecule has 1 aromatic heterocycles. The Morgan fingerprint density at radius 1 is 1.23 bits per heavy atom. The molecule has 0 spiro atoms. The zero-order valence-corrected chi connectivity index (χ0v) is 15.0. The first-order valence-corrected chi connectivity index (χ1v) is 9.13. The van der Waals surface area contributed by atoms with Crippen LogP contribution < -0.4 is 4.90 Å². The van der Waals surface area contributed by atoms with Crippen LogP contribution in [-0.4, -0.2) is 45.0 Å². The van der Waals surface area contributed by atoms with E-state index in [1.54, 1.807) is 12.1 Å². The van der Waals surface area contributed by atoms with Gasteiger partial charge in [-0.15, -0.1) is 5.10 Å². The van der Waals surface area contributed by atoms with E-state index in [4.69, 9.17) is 16.4 Å². The van der Waals surface area contributed by atoms with Gasteiger partial charge in [0.05, 0.1) is 5.92 Å². The van der Waals surface area contributed by atoms with Gasteiger partial charge in [0.1, 0.15) is 12.3 Å². The number of nitrogens with zero attached hydrogens (tertiary/aromatic N) is 6. The first-order valence-electron chi connectivity index (χ1n) is 8.75. The lowest BCUT2D eigenvalue weighted by atomic mass is 10.1. The normalized spacial score (nSPS) is 17.6. The van der Waals surface area contributed by atoms with E-state index in [-0.39, 0.29) is 18.4 Å². The van der Waals surface area contributed by atoms with Crippen molar-refractivity contribution in [3.63, 3.8) is 0 Å². The minimum absolute atomic E-state index is 0.0171. The molecule has 9 heteroatoms. The second kappa shape index (κ2) is 7.41. The maximum Gasteiger partial charge on any atom is 0.338 e. The number of carbonyl (C=O) groups excluding carboxylic acids is 1. The molecule has 0 radical (unpaired) electrons. The molecule has 1 saturated heterocycles. The van der Waals surface area contributed by atoms with E-state index >= 15 is 0 Å². The topological polar surface area (TPSA) is 85.5 Å². The van der Waals surface area contributed by atoms with Gasteiger partial charge < -0.3 is 9.74 Å². The molecule has 8 nitrogen and oxygen atoms in total. The SMILES string of the molecule is O=C(O/N=C(/Cn1nnc(N2CCCC2)n1)c1ccc(Cl)cc1)C1CC1. The fourth-order valence-corrected chi connectivity index (χ4v) is 2.91. The summed E-state index contributed by atoms with van der Waals surface area (Å²) in [6, 6.07) is 7.17. The van der Waals surface area contributed by atoms with Crippen LogP contribution in [0, 0.1) is 5.92 Å². The largest absolute Gasteiger partial charge is 0.338 e. The Hall–Kier alpha value is -2.48. The quantitative estimate of drug-likeness (QED) is 0.438. The van der Waals surface area contributed by atoms with Crippen molar-refractivity contribution in [3.05, 3.63) is 34.9 Å². The molecule has 0 atom stereocenters. The molecule has 0 N–H and O–H groups in total. The van der Waals surface area contributed by atoms with Gasteiger partial charge in [0.25, 0.3) is 5.95 Å². The van der Waals surface area contributed by atoms with Crippen LogP contribution in [-0.2, 0) is 16.2 Å². The standard InChI is InChI=1S/C17H19ClN6O2/c18-14-7-5-12(6-8-14)15(21-26-16(25)13-3-4-13)11-24-20-17(19-22-24)23-9-1-2-10-23/h5-8,13H,1-4,9-11H2/b21-15-. The maximum atomic E-state index is 11.8. The number of hydrogen-bond acceptors (Lipinski definition) is 7. The second-order valence-electron chi connectivity index (χ2n) is 6.54. The Balaban J connectivity index is 1.52.